The maximum absolute atomic E-state index is 14.8. The first-order valence-corrected chi connectivity index (χ1v) is 11.6. The first-order valence-electron chi connectivity index (χ1n) is 11.6. The molecule has 2 nitrogen and oxygen atoms in total. The number of benzene rings is 2. The molecule has 3 heteroatoms. The largest absolute Gasteiger partial charge is 0.458 e. The van der Waals surface area contributed by atoms with Crippen LogP contribution in [0, 0.1) is 24.6 Å². The Hall–Kier alpha value is -2.16. The van der Waals surface area contributed by atoms with Crippen LogP contribution in [0.1, 0.15) is 84.5 Å². The molecule has 2 unspecified atom stereocenters. The molecule has 1 saturated carbocycles. The van der Waals surface area contributed by atoms with Gasteiger partial charge in [-0.05, 0) is 73.5 Å². The number of fused-ring (bicyclic) bond motifs is 1. The van der Waals surface area contributed by atoms with Crippen LogP contribution in [0.15, 0.2) is 36.4 Å². The number of cyclic esters (lactones) is 1. The highest BCUT2D eigenvalue weighted by molar-refractivity contribution is 5.92. The lowest BCUT2D eigenvalue weighted by atomic mass is 9.72. The van der Waals surface area contributed by atoms with Crippen LogP contribution >= 0.6 is 0 Å². The molecular formula is C27H33FO2. The number of aryl methyl sites for hydroxylation is 2. The van der Waals surface area contributed by atoms with Gasteiger partial charge in [0, 0.05) is 6.42 Å². The Balaban J connectivity index is 1.40. The number of carbonyl (C=O) groups excluding carboxylic acids is 1. The van der Waals surface area contributed by atoms with Crippen LogP contribution < -0.4 is 0 Å². The van der Waals surface area contributed by atoms with Crippen LogP contribution in [0.5, 0.6) is 0 Å². The highest BCUT2D eigenvalue weighted by atomic mass is 19.1. The van der Waals surface area contributed by atoms with Crippen molar-refractivity contribution in [3.05, 3.63) is 70.0 Å². The molecule has 1 aliphatic carbocycles. The summed E-state index contributed by atoms with van der Waals surface area (Å²) in [7, 11) is 0. The average molecular weight is 409 g/mol. The Kier molecular flexibility index (Phi) is 6.26. The second kappa shape index (κ2) is 8.91. The normalized spacial score (nSPS) is 24.8. The van der Waals surface area contributed by atoms with Gasteiger partial charge in [0.05, 0.1) is 5.56 Å². The molecule has 1 fully saturated rings. The number of ether oxygens (including phenoxy) is 1. The molecule has 0 saturated heterocycles. The molecule has 0 spiro atoms. The fourth-order valence-corrected chi connectivity index (χ4v) is 5.39. The van der Waals surface area contributed by atoms with E-state index in [0.29, 0.717) is 36.2 Å². The van der Waals surface area contributed by atoms with E-state index in [2.05, 4.69) is 38.1 Å². The fourth-order valence-electron chi connectivity index (χ4n) is 5.39. The van der Waals surface area contributed by atoms with Crippen LogP contribution in [0.4, 0.5) is 4.39 Å². The monoisotopic (exact) mass is 408 g/mol. The van der Waals surface area contributed by atoms with E-state index in [1.807, 2.05) is 19.1 Å². The molecule has 1 aliphatic heterocycles. The number of hydrogen-bond acceptors (Lipinski definition) is 2. The summed E-state index contributed by atoms with van der Waals surface area (Å²) in [5.41, 5.74) is 4.34. The third-order valence-electron chi connectivity index (χ3n) is 7.36. The van der Waals surface area contributed by atoms with Gasteiger partial charge in [-0.25, -0.2) is 9.18 Å². The van der Waals surface area contributed by atoms with E-state index in [4.69, 9.17) is 4.74 Å². The predicted molar refractivity (Wildman–Crippen MR) is 118 cm³/mol. The lowest BCUT2D eigenvalue weighted by Crippen LogP contribution is -2.37. The molecule has 2 aromatic rings. The van der Waals surface area contributed by atoms with Crippen LogP contribution in [-0.4, -0.2) is 12.1 Å². The van der Waals surface area contributed by atoms with Gasteiger partial charge in [-0.3, -0.25) is 0 Å². The van der Waals surface area contributed by atoms with Gasteiger partial charge in [0.15, 0.2) is 0 Å². The second-order valence-electron chi connectivity index (χ2n) is 9.34. The van der Waals surface area contributed by atoms with E-state index in [1.54, 1.807) is 0 Å². The number of rotatable bonds is 5. The van der Waals surface area contributed by atoms with Crippen molar-refractivity contribution < 1.29 is 13.9 Å². The molecule has 30 heavy (non-hydrogen) atoms. The standard InChI is InChI=1S/C27H33FO2/c1-4-5-22-14-15-23-16-24(30-27(29)25(23)26(22)28)21-12-10-20(11-13-21)18(3)19-8-6-17(2)7-9-19/h6-9,14-15,18,20-21,24H,4-5,10-13,16H2,1-3H3. The molecule has 0 radical (unpaired) electrons. The van der Waals surface area contributed by atoms with Crippen LogP contribution in [-0.2, 0) is 17.6 Å². The Labute approximate surface area is 179 Å². The molecule has 160 valence electrons. The molecule has 2 aliphatic rings. The minimum absolute atomic E-state index is 0.114. The van der Waals surface area contributed by atoms with Crippen molar-refractivity contribution in [2.45, 2.75) is 77.7 Å². The zero-order valence-corrected chi connectivity index (χ0v) is 18.4. The average Bonchev–Trinajstić information content (AvgIpc) is 2.75. The van der Waals surface area contributed by atoms with Gasteiger partial charge in [0.2, 0.25) is 0 Å². The van der Waals surface area contributed by atoms with Crippen LogP contribution in [0.3, 0.4) is 0 Å². The topological polar surface area (TPSA) is 26.3 Å². The van der Waals surface area contributed by atoms with Crippen molar-refractivity contribution >= 4 is 5.97 Å². The van der Waals surface area contributed by atoms with Crippen molar-refractivity contribution in [2.24, 2.45) is 11.8 Å². The van der Waals surface area contributed by atoms with Gasteiger partial charge in [0.25, 0.3) is 0 Å². The van der Waals surface area contributed by atoms with E-state index in [1.165, 1.54) is 11.1 Å². The minimum Gasteiger partial charge on any atom is -0.458 e. The summed E-state index contributed by atoms with van der Waals surface area (Å²) in [6.07, 6.45) is 6.51. The van der Waals surface area contributed by atoms with Crippen LogP contribution in [0.25, 0.3) is 0 Å². The third kappa shape index (κ3) is 4.17. The van der Waals surface area contributed by atoms with Gasteiger partial charge >= 0.3 is 5.97 Å². The molecule has 1 heterocycles. The van der Waals surface area contributed by atoms with E-state index < -0.39 is 5.97 Å². The molecule has 4 rings (SSSR count). The first-order chi connectivity index (χ1) is 14.5. The van der Waals surface area contributed by atoms with Crippen molar-refractivity contribution in [2.75, 3.05) is 0 Å². The molecule has 2 atom stereocenters. The summed E-state index contributed by atoms with van der Waals surface area (Å²) in [4.78, 5) is 12.6. The van der Waals surface area contributed by atoms with Gasteiger partial charge in [-0.1, -0.05) is 62.2 Å². The molecule has 0 aromatic heterocycles. The van der Waals surface area contributed by atoms with Crippen molar-refractivity contribution in [1.82, 2.24) is 0 Å². The number of hydrogen-bond donors (Lipinski definition) is 0. The minimum atomic E-state index is -0.466. The zero-order valence-electron chi connectivity index (χ0n) is 18.4. The van der Waals surface area contributed by atoms with Crippen molar-refractivity contribution in [3.63, 3.8) is 0 Å². The molecule has 0 amide bonds. The Morgan fingerprint density at radius 1 is 1.07 bits per heavy atom. The quantitative estimate of drug-likeness (QED) is 0.510. The summed E-state index contributed by atoms with van der Waals surface area (Å²) >= 11 is 0. The van der Waals surface area contributed by atoms with Gasteiger partial charge in [-0.2, -0.15) is 0 Å². The number of esters is 1. The first kappa shape index (κ1) is 21.1. The maximum atomic E-state index is 14.8. The van der Waals surface area contributed by atoms with Gasteiger partial charge in [0.1, 0.15) is 11.9 Å². The molecule has 0 bridgehead atoms. The summed E-state index contributed by atoms with van der Waals surface area (Å²) in [5.74, 6) is 0.763. The Morgan fingerprint density at radius 2 is 1.77 bits per heavy atom. The summed E-state index contributed by atoms with van der Waals surface area (Å²) < 4.78 is 20.6. The summed E-state index contributed by atoms with van der Waals surface area (Å²) in [6.45, 7) is 6.48. The maximum Gasteiger partial charge on any atom is 0.341 e. The highest BCUT2D eigenvalue weighted by Gasteiger charge is 2.37. The van der Waals surface area contributed by atoms with Gasteiger partial charge < -0.3 is 4.74 Å². The summed E-state index contributed by atoms with van der Waals surface area (Å²) in [6, 6.07) is 12.7. The zero-order chi connectivity index (χ0) is 21.3. The second-order valence-corrected chi connectivity index (χ2v) is 9.34. The van der Waals surface area contributed by atoms with Crippen molar-refractivity contribution in [3.8, 4) is 0 Å². The van der Waals surface area contributed by atoms with Crippen molar-refractivity contribution in [1.29, 1.82) is 0 Å². The molecular weight excluding hydrogens is 375 g/mol. The lowest BCUT2D eigenvalue weighted by molar-refractivity contribution is -0.00137. The van der Waals surface area contributed by atoms with E-state index >= 15 is 0 Å². The SMILES string of the molecule is CCCc1ccc2c(c1F)C(=O)OC(C1CCC(C(C)c3ccc(C)cc3)CC1)C2. The van der Waals surface area contributed by atoms with E-state index in [-0.39, 0.29) is 17.5 Å². The smallest absolute Gasteiger partial charge is 0.341 e. The Morgan fingerprint density at radius 3 is 2.43 bits per heavy atom. The van der Waals surface area contributed by atoms with Crippen LogP contribution in [0.2, 0.25) is 0 Å². The third-order valence-corrected chi connectivity index (χ3v) is 7.36. The predicted octanol–water partition coefficient (Wildman–Crippen LogP) is 6.78. The molecule has 2 aromatic carbocycles. The summed E-state index contributed by atoms with van der Waals surface area (Å²) in [5, 5.41) is 0. The molecule has 0 N–H and O–H groups in total. The number of halogens is 1. The lowest BCUT2D eigenvalue weighted by Gasteiger charge is -2.37. The fraction of sp³-hybridized carbons (Fsp3) is 0.519. The van der Waals surface area contributed by atoms with Gasteiger partial charge in [-0.15, -0.1) is 0 Å². The Bertz CT molecular complexity index is 894. The van der Waals surface area contributed by atoms with E-state index in [9.17, 15) is 9.18 Å². The number of carbonyl (C=O) groups is 1. The van der Waals surface area contributed by atoms with E-state index in [0.717, 1.165) is 37.7 Å². The highest BCUT2D eigenvalue weighted by Crippen LogP contribution is 2.41.